The summed E-state index contributed by atoms with van der Waals surface area (Å²) < 4.78 is 0. The molecule has 1 amide bonds. The number of benzene rings is 2. The second-order valence-corrected chi connectivity index (χ2v) is 8.89. The summed E-state index contributed by atoms with van der Waals surface area (Å²) in [4.78, 5) is 13.2. The summed E-state index contributed by atoms with van der Waals surface area (Å²) in [6.45, 7) is 4.41. The Morgan fingerprint density at radius 3 is 2.61 bits per heavy atom. The molecular formula is C24H29N3O. The fourth-order valence-electron chi connectivity index (χ4n) is 5.01. The molecule has 4 unspecified atom stereocenters. The van der Waals surface area contributed by atoms with Crippen molar-refractivity contribution in [2.75, 3.05) is 10.6 Å². The van der Waals surface area contributed by atoms with E-state index in [0.717, 1.165) is 18.5 Å². The fourth-order valence-corrected chi connectivity index (χ4v) is 5.01. The van der Waals surface area contributed by atoms with E-state index in [1.54, 1.807) is 0 Å². The first-order valence-electron chi connectivity index (χ1n) is 10.6. The molecule has 146 valence electrons. The van der Waals surface area contributed by atoms with Gasteiger partial charge in [-0.1, -0.05) is 43.3 Å². The van der Waals surface area contributed by atoms with Crippen LogP contribution in [0.2, 0.25) is 0 Å². The number of hydrogen-bond donors (Lipinski definition) is 3. The van der Waals surface area contributed by atoms with E-state index in [2.05, 4.69) is 72.3 Å². The molecule has 1 saturated carbocycles. The molecule has 0 radical (unpaired) electrons. The highest BCUT2D eigenvalue weighted by Crippen LogP contribution is 2.39. The van der Waals surface area contributed by atoms with Gasteiger partial charge in [0, 0.05) is 23.8 Å². The minimum absolute atomic E-state index is 0.139. The normalized spacial score (nSPS) is 26.4. The van der Waals surface area contributed by atoms with E-state index in [-0.39, 0.29) is 24.0 Å². The van der Waals surface area contributed by atoms with Crippen molar-refractivity contribution in [2.24, 2.45) is 11.8 Å². The lowest BCUT2D eigenvalue weighted by Gasteiger charge is -2.39. The number of fused-ring (bicyclic) bond motifs is 2. The molecule has 2 aromatic rings. The molecule has 28 heavy (non-hydrogen) atoms. The van der Waals surface area contributed by atoms with Crippen LogP contribution >= 0.6 is 0 Å². The van der Waals surface area contributed by atoms with Gasteiger partial charge >= 0.3 is 0 Å². The van der Waals surface area contributed by atoms with Gasteiger partial charge in [0.25, 0.3) is 0 Å². The van der Waals surface area contributed by atoms with Crippen LogP contribution in [0.25, 0.3) is 0 Å². The predicted octanol–water partition coefficient (Wildman–Crippen LogP) is 3.90. The van der Waals surface area contributed by atoms with E-state index >= 15 is 0 Å². The number of carbonyl (C=O) groups is 1. The highest BCUT2D eigenvalue weighted by atomic mass is 16.2. The number of carbonyl (C=O) groups excluding carboxylic acids is 1. The smallest absolute Gasteiger partial charge is 0.243 e. The molecule has 3 aliphatic rings. The van der Waals surface area contributed by atoms with Gasteiger partial charge in [-0.25, -0.2) is 0 Å². The Kier molecular flexibility index (Phi) is 4.30. The summed E-state index contributed by atoms with van der Waals surface area (Å²) in [6.07, 6.45) is 4.28. The van der Waals surface area contributed by atoms with Crippen molar-refractivity contribution in [2.45, 2.75) is 57.7 Å². The zero-order chi connectivity index (χ0) is 19.3. The molecule has 0 saturated heterocycles. The second kappa shape index (κ2) is 6.84. The summed E-state index contributed by atoms with van der Waals surface area (Å²) in [7, 11) is 0. The lowest BCUT2D eigenvalue weighted by Crippen LogP contribution is -2.55. The van der Waals surface area contributed by atoms with Crippen LogP contribution in [0.1, 0.15) is 36.5 Å². The molecule has 4 atom stereocenters. The summed E-state index contributed by atoms with van der Waals surface area (Å²) in [5.41, 5.74) is 6.22. The van der Waals surface area contributed by atoms with E-state index in [4.69, 9.17) is 0 Å². The first-order chi connectivity index (χ1) is 13.6. The van der Waals surface area contributed by atoms with E-state index in [9.17, 15) is 4.79 Å². The monoisotopic (exact) mass is 375 g/mol. The maximum absolute atomic E-state index is 13.2. The van der Waals surface area contributed by atoms with Gasteiger partial charge in [-0.15, -0.1) is 0 Å². The Labute approximate surface area is 167 Å². The van der Waals surface area contributed by atoms with E-state index < -0.39 is 0 Å². The molecule has 0 aromatic heterocycles. The zero-order valence-corrected chi connectivity index (χ0v) is 16.7. The molecule has 4 nitrogen and oxygen atoms in total. The number of amides is 1. The molecule has 2 aliphatic heterocycles. The first kappa shape index (κ1) is 17.6. The minimum atomic E-state index is -0.163. The molecule has 0 bridgehead atoms. The van der Waals surface area contributed by atoms with Gasteiger partial charge in [0.05, 0.1) is 6.04 Å². The highest BCUT2D eigenvalue weighted by molar-refractivity contribution is 5.88. The van der Waals surface area contributed by atoms with Gasteiger partial charge in [-0.05, 0) is 60.8 Å². The van der Waals surface area contributed by atoms with Crippen molar-refractivity contribution in [1.82, 2.24) is 5.32 Å². The maximum atomic E-state index is 13.2. The number of hydrogen-bond acceptors (Lipinski definition) is 3. The lowest BCUT2D eigenvalue weighted by atomic mass is 9.83. The third kappa shape index (κ3) is 3.15. The lowest BCUT2D eigenvalue weighted by molar-refractivity contribution is -0.122. The van der Waals surface area contributed by atoms with Gasteiger partial charge in [-0.2, -0.15) is 0 Å². The minimum Gasteiger partial charge on any atom is -0.380 e. The molecule has 3 N–H and O–H groups in total. The Hall–Kier alpha value is -2.49. The average Bonchev–Trinajstić information content (AvgIpc) is 3.43. The van der Waals surface area contributed by atoms with E-state index in [0.29, 0.717) is 11.8 Å². The quantitative estimate of drug-likeness (QED) is 0.760. The van der Waals surface area contributed by atoms with Crippen LogP contribution in [-0.2, 0) is 17.6 Å². The first-order valence-corrected chi connectivity index (χ1v) is 10.6. The van der Waals surface area contributed by atoms with Crippen molar-refractivity contribution in [3.8, 4) is 0 Å². The third-order valence-electron chi connectivity index (χ3n) is 6.74. The van der Waals surface area contributed by atoms with Crippen LogP contribution in [-0.4, -0.2) is 24.0 Å². The number of para-hydroxylation sites is 2. The van der Waals surface area contributed by atoms with Crippen LogP contribution in [0.5, 0.6) is 0 Å². The van der Waals surface area contributed by atoms with E-state index in [1.165, 1.54) is 35.2 Å². The summed E-state index contributed by atoms with van der Waals surface area (Å²) >= 11 is 0. The van der Waals surface area contributed by atoms with Crippen LogP contribution < -0.4 is 16.0 Å². The van der Waals surface area contributed by atoms with Gasteiger partial charge in [0.15, 0.2) is 0 Å². The Morgan fingerprint density at radius 1 is 1.04 bits per heavy atom. The second-order valence-electron chi connectivity index (χ2n) is 8.89. The summed E-state index contributed by atoms with van der Waals surface area (Å²) in [5.74, 6) is 1.23. The molecule has 1 fully saturated rings. The molecule has 2 aromatic carbocycles. The molecule has 4 heteroatoms. The molecule has 5 rings (SSSR count). The largest absolute Gasteiger partial charge is 0.380 e. The topological polar surface area (TPSA) is 53.2 Å². The summed E-state index contributed by atoms with van der Waals surface area (Å²) in [5, 5.41) is 10.7. The number of nitrogens with one attached hydrogen (secondary N) is 3. The predicted molar refractivity (Wildman–Crippen MR) is 114 cm³/mol. The molecular weight excluding hydrogens is 346 g/mol. The Morgan fingerprint density at radius 2 is 1.82 bits per heavy atom. The van der Waals surface area contributed by atoms with Gasteiger partial charge < -0.3 is 16.0 Å². The highest BCUT2D eigenvalue weighted by Gasteiger charge is 2.42. The SMILES string of the molecule is Cc1cccc2c1NC(C(=O)NC(C1CC1)C1Nc3ccccc3CC1C)C2. The van der Waals surface area contributed by atoms with Gasteiger partial charge in [-0.3, -0.25) is 4.79 Å². The van der Waals surface area contributed by atoms with Crippen LogP contribution in [0, 0.1) is 18.8 Å². The van der Waals surface area contributed by atoms with Crippen molar-refractivity contribution < 1.29 is 4.79 Å². The van der Waals surface area contributed by atoms with Crippen molar-refractivity contribution in [1.29, 1.82) is 0 Å². The third-order valence-corrected chi connectivity index (χ3v) is 6.74. The number of rotatable bonds is 4. The number of aryl methyl sites for hydroxylation is 1. The molecule has 2 heterocycles. The standard InChI is InChI=1S/C24H29N3O/c1-14-6-5-8-18-13-20(26-21(14)18)24(28)27-23(16-10-11-16)22-15(2)12-17-7-3-4-9-19(17)25-22/h3-9,15-16,20,22-23,25-26H,10-13H2,1-2H3,(H,27,28). The van der Waals surface area contributed by atoms with Crippen LogP contribution in [0.15, 0.2) is 42.5 Å². The average molecular weight is 376 g/mol. The Balaban J connectivity index is 1.32. The molecule has 0 spiro atoms. The van der Waals surface area contributed by atoms with Gasteiger partial charge in [0.2, 0.25) is 5.91 Å². The van der Waals surface area contributed by atoms with Crippen molar-refractivity contribution >= 4 is 17.3 Å². The van der Waals surface area contributed by atoms with Crippen molar-refractivity contribution in [3.05, 3.63) is 59.2 Å². The number of anilines is 2. The van der Waals surface area contributed by atoms with E-state index in [1.807, 2.05) is 0 Å². The maximum Gasteiger partial charge on any atom is 0.243 e. The Bertz CT molecular complexity index is 904. The van der Waals surface area contributed by atoms with Crippen LogP contribution in [0.3, 0.4) is 0 Å². The van der Waals surface area contributed by atoms with Crippen molar-refractivity contribution in [3.63, 3.8) is 0 Å². The molecule has 1 aliphatic carbocycles. The fraction of sp³-hybridized carbons (Fsp3) is 0.458. The van der Waals surface area contributed by atoms with Crippen LogP contribution in [0.4, 0.5) is 11.4 Å². The summed E-state index contributed by atoms with van der Waals surface area (Å²) in [6, 6.07) is 15.2. The zero-order valence-electron chi connectivity index (χ0n) is 16.7. The van der Waals surface area contributed by atoms with Gasteiger partial charge in [0.1, 0.15) is 6.04 Å².